The van der Waals surface area contributed by atoms with E-state index in [1.54, 1.807) is 6.20 Å². The number of ether oxygens (including phenoxy) is 1. The highest BCUT2D eigenvalue weighted by Crippen LogP contribution is 2.43. The lowest BCUT2D eigenvalue weighted by Gasteiger charge is -2.56. The summed E-state index contributed by atoms with van der Waals surface area (Å²) in [6, 6.07) is 12.5. The van der Waals surface area contributed by atoms with Gasteiger partial charge in [-0.2, -0.15) is 10.4 Å². The molecule has 1 saturated carbocycles. The first-order valence-corrected chi connectivity index (χ1v) is 14.2. The van der Waals surface area contributed by atoms with Gasteiger partial charge in [0.05, 0.1) is 42.6 Å². The number of nitriles is 1. The maximum absolute atomic E-state index is 13.4. The second kappa shape index (κ2) is 10.1. The van der Waals surface area contributed by atoms with Crippen molar-refractivity contribution in [3.05, 3.63) is 54.5 Å². The molecule has 6 heterocycles. The summed E-state index contributed by atoms with van der Waals surface area (Å²) in [5.74, 6) is 1.11. The van der Waals surface area contributed by atoms with Crippen molar-refractivity contribution in [2.75, 3.05) is 5.32 Å². The molecule has 8 rings (SSSR count). The number of anilines is 2. The van der Waals surface area contributed by atoms with E-state index in [0.29, 0.717) is 48.1 Å². The van der Waals surface area contributed by atoms with Crippen molar-refractivity contribution in [3.8, 4) is 17.3 Å². The van der Waals surface area contributed by atoms with Crippen LogP contribution in [0.5, 0.6) is 0 Å². The first-order chi connectivity index (χ1) is 19.1. The Labute approximate surface area is 228 Å². The molecule has 1 aliphatic carbocycles. The summed E-state index contributed by atoms with van der Waals surface area (Å²) in [6.45, 7) is 0. The molecule has 3 aromatic rings. The Morgan fingerprint density at radius 2 is 1.79 bits per heavy atom. The largest absolute Gasteiger partial charge is 0.375 e. The van der Waals surface area contributed by atoms with Crippen LogP contribution in [-0.2, 0) is 4.74 Å². The van der Waals surface area contributed by atoms with E-state index >= 15 is 0 Å². The molecule has 4 bridgehead atoms. The first-order valence-electron chi connectivity index (χ1n) is 14.2. The molecule has 1 aromatic carbocycles. The SMILES string of the molecule is N#CCC(C1CCCC1)n1cc(-c2ccnc(Nc3ccc(C(=O)N4C5CC6CC4CC(C5)O6)cc3)n2)cn1. The second-order valence-electron chi connectivity index (χ2n) is 11.5. The van der Waals surface area contributed by atoms with Crippen LogP contribution in [0.4, 0.5) is 11.6 Å². The first kappa shape index (κ1) is 24.3. The van der Waals surface area contributed by atoms with Gasteiger partial charge >= 0.3 is 0 Å². The van der Waals surface area contributed by atoms with Gasteiger partial charge < -0.3 is 15.0 Å². The van der Waals surface area contributed by atoms with E-state index in [1.807, 2.05) is 47.4 Å². The molecule has 200 valence electrons. The van der Waals surface area contributed by atoms with Gasteiger partial charge in [0.15, 0.2) is 0 Å². The highest BCUT2D eigenvalue weighted by Gasteiger charge is 2.49. The van der Waals surface area contributed by atoms with Gasteiger partial charge in [0.2, 0.25) is 5.95 Å². The molecule has 39 heavy (non-hydrogen) atoms. The number of aromatic nitrogens is 4. The Morgan fingerprint density at radius 1 is 1.08 bits per heavy atom. The molecule has 9 heteroatoms. The molecular formula is C30H33N7O2. The zero-order valence-electron chi connectivity index (χ0n) is 21.9. The molecule has 9 nitrogen and oxygen atoms in total. The number of hydrogen-bond donors (Lipinski definition) is 1. The Hall–Kier alpha value is -3.77. The third-order valence-corrected chi connectivity index (χ3v) is 9.07. The summed E-state index contributed by atoms with van der Waals surface area (Å²) in [6.07, 6.45) is 15.3. The Kier molecular flexibility index (Phi) is 6.28. The van der Waals surface area contributed by atoms with Gasteiger partial charge in [-0.3, -0.25) is 9.48 Å². The van der Waals surface area contributed by atoms with Gasteiger partial charge in [-0.25, -0.2) is 9.97 Å². The normalized spacial score (nSPS) is 26.5. The topological polar surface area (TPSA) is 109 Å². The van der Waals surface area contributed by atoms with Crippen LogP contribution in [0.3, 0.4) is 0 Å². The molecule has 5 fully saturated rings. The number of piperidine rings is 2. The van der Waals surface area contributed by atoms with E-state index in [1.165, 1.54) is 12.8 Å². The van der Waals surface area contributed by atoms with Crippen LogP contribution in [0.1, 0.15) is 74.2 Å². The molecule has 4 saturated heterocycles. The number of amides is 1. The second-order valence-corrected chi connectivity index (χ2v) is 11.5. The molecule has 5 aliphatic rings. The molecule has 4 aliphatic heterocycles. The molecule has 1 N–H and O–H groups in total. The highest BCUT2D eigenvalue weighted by molar-refractivity contribution is 5.95. The van der Waals surface area contributed by atoms with E-state index in [4.69, 9.17) is 9.72 Å². The standard InChI is InChI=1S/C30H33N7O2/c31-11-9-28(19-3-1-2-4-19)36-18-21(17-33-36)27-10-12-32-30(35-27)34-22-7-5-20(6-8-22)29(38)37-23-13-25-15-24(37)16-26(14-23)39-25/h5-8,10,12,17-19,23-26,28H,1-4,9,13-16H2,(H,32,34,35). The van der Waals surface area contributed by atoms with Crippen LogP contribution in [0, 0.1) is 17.2 Å². The molecule has 2 aromatic heterocycles. The Balaban J connectivity index is 1.04. The lowest BCUT2D eigenvalue weighted by atomic mass is 9.78. The van der Waals surface area contributed by atoms with Crippen LogP contribution >= 0.6 is 0 Å². The predicted octanol–water partition coefficient (Wildman–Crippen LogP) is 5.26. The third kappa shape index (κ3) is 4.67. The number of benzene rings is 1. The van der Waals surface area contributed by atoms with Crippen molar-refractivity contribution in [2.24, 2.45) is 5.92 Å². The molecular weight excluding hydrogens is 490 g/mol. The zero-order valence-corrected chi connectivity index (χ0v) is 21.9. The molecule has 1 unspecified atom stereocenters. The van der Waals surface area contributed by atoms with Crippen LogP contribution in [0.15, 0.2) is 48.9 Å². The average molecular weight is 524 g/mol. The molecule has 0 radical (unpaired) electrons. The van der Waals surface area contributed by atoms with Gasteiger partial charge in [0.1, 0.15) is 0 Å². The predicted molar refractivity (Wildman–Crippen MR) is 145 cm³/mol. The van der Waals surface area contributed by atoms with E-state index in [0.717, 1.165) is 55.5 Å². The number of hydrogen-bond acceptors (Lipinski definition) is 7. The van der Waals surface area contributed by atoms with E-state index in [-0.39, 0.29) is 11.9 Å². The zero-order chi connectivity index (χ0) is 26.3. The summed E-state index contributed by atoms with van der Waals surface area (Å²) in [4.78, 5) is 24.6. The summed E-state index contributed by atoms with van der Waals surface area (Å²) >= 11 is 0. The van der Waals surface area contributed by atoms with Gasteiger partial charge in [0, 0.05) is 41.3 Å². The summed E-state index contributed by atoms with van der Waals surface area (Å²) in [5, 5.41) is 17.3. The maximum Gasteiger partial charge on any atom is 0.254 e. The number of rotatable bonds is 7. The van der Waals surface area contributed by atoms with E-state index in [9.17, 15) is 10.1 Å². The summed E-state index contributed by atoms with van der Waals surface area (Å²) in [5.41, 5.74) is 3.21. The number of nitrogens with zero attached hydrogens (tertiary/aromatic N) is 6. The minimum Gasteiger partial charge on any atom is -0.375 e. The van der Waals surface area contributed by atoms with Gasteiger partial charge in [-0.05, 0) is 74.8 Å². The minimum atomic E-state index is 0.107. The monoisotopic (exact) mass is 523 g/mol. The van der Waals surface area contributed by atoms with Crippen molar-refractivity contribution in [3.63, 3.8) is 0 Å². The fourth-order valence-electron chi connectivity index (χ4n) is 7.29. The lowest BCUT2D eigenvalue weighted by molar-refractivity contribution is -0.169. The highest BCUT2D eigenvalue weighted by atomic mass is 16.5. The van der Waals surface area contributed by atoms with Crippen molar-refractivity contribution < 1.29 is 9.53 Å². The van der Waals surface area contributed by atoms with Crippen molar-refractivity contribution in [1.29, 1.82) is 5.26 Å². The van der Waals surface area contributed by atoms with Crippen LogP contribution < -0.4 is 5.32 Å². The van der Waals surface area contributed by atoms with Crippen molar-refractivity contribution in [2.45, 2.75) is 88.1 Å². The lowest BCUT2D eigenvalue weighted by Crippen LogP contribution is -2.63. The third-order valence-electron chi connectivity index (χ3n) is 9.07. The maximum atomic E-state index is 13.4. The van der Waals surface area contributed by atoms with Crippen molar-refractivity contribution >= 4 is 17.5 Å². The molecule has 1 amide bonds. The number of carbonyl (C=O) groups is 1. The minimum absolute atomic E-state index is 0.107. The van der Waals surface area contributed by atoms with Gasteiger partial charge in [-0.1, -0.05) is 12.8 Å². The smallest absolute Gasteiger partial charge is 0.254 e. The van der Waals surface area contributed by atoms with Gasteiger partial charge in [0.25, 0.3) is 5.91 Å². The molecule has 0 spiro atoms. The molecule has 1 atom stereocenters. The summed E-state index contributed by atoms with van der Waals surface area (Å²) in [7, 11) is 0. The van der Waals surface area contributed by atoms with Gasteiger partial charge in [-0.15, -0.1) is 0 Å². The van der Waals surface area contributed by atoms with E-state index in [2.05, 4.69) is 26.4 Å². The van der Waals surface area contributed by atoms with Crippen LogP contribution in [0.2, 0.25) is 0 Å². The number of carbonyl (C=O) groups excluding carboxylic acids is 1. The Morgan fingerprint density at radius 3 is 2.49 bits per heavy atom. The Bertz CT molecular complexity index is 1360. The van der Waals surface area contributed by atoms with Crippen LogP contribution in [0.25, 0.3) is 11.3 Å². The fourth-order valence-corrected chi connectivity index (χ4v) is 7.29. The average Bonchev–Trinajstić information content (AvgIpc) is 3.65. The van der Waals surface area contributed by atoms with Crippen LogP contribution in [-0.4, -0.2) is 54.8 Å². The van der Waals surface area contributed by atoms with E-state index < -0.39 is 0 Å². The van der Waals surface area contributed by atoms with Crippen molar-refractivity contribution in [1.82, 2.24) is 24.6 Å². The quantitative estimate of drug-likeness (QED) is 0.450. The fraction of sp³-hybridized carbons (Fsp3) is 0.500. The summed E-state index contributed by atoms with van der Waals surface area (Å²) < 4.78 is 7.98. The number of nitrogens with one attached hydrogen (secondary N) is 1.